The second-order valence-corrected chi connectivity index (χ2v) is 6.34. The molecule has 5 nitrogen and oxygen atoms in total. The van der Waals surface area contributed by atoms with E-state index < -0.39 is 0 Å². The van der Waals surface area contributed by atoms with Crippen molar-refractivity contribution in [1.82, 2.24) is 16.0 Å². The zero-order chi connectivity index (χ0) is 17.2. The first kappa shape index (κ1) is 18.0. The first-order valence-corrected chi connectivity index (χ1v) is 8.92. The summed E-state index contributed by atoms with van der Waals surface area (Å²) >= 11 is 1.72. The van der Waals surface area contributed by atoms with Crippen LogP contribution in [-0.2, 0) is 17.9 Å². The van der Waals surface area contributed by atoms with Gasteiger partial charge in [0.05, 0.1) is 6.54 Å². The number of carbonyl (C=O) groups is 1. The highest BCUT2D eigenvalue weighted by atomic mass is 32.1. The van der Waals surface area contributed by atoms with Gasteiger partial charge in [0.15, 0.2) is 5.96 Å². The third kappa shape index (κ3) is 6.04. The topological polar surface area (TPSA) is 65.5 Å². The minimum absolute atomic E-state index is 0.0941. The number of benzene rings is 1. The van der Waals surface area contributed by atoms with E-state index in [-0.39, 0.29) is 12.5 Å². The maximum Gasteiger partial charge on any atom is 0.242 e. The molecule has 1 aromatic heterocycles. The second kappa shape index (κ2) is 9.72. The van der Waals surface area contributed by atoms with Gasteiger partial charge in [0, 0.05) is 18.0 Å². The molecule has 3 N–H and O–H groups in total. The van der Waals surface area contributed by atoms with E-state index in [1.807, 2.05) is 37.3 Å². The van der Waals surface area contributed by atoms with Crippen molar-refractivity contribution in [3.05, 3.63) is 57.8 Å². The predicted molar refractivity (Wildman–Crippen MR) is 100 cm³/mol. The van der Waals surface area contributed by atoms with Gasteiger partial charge < -0.3 is 16.0 Å². The van der Waals surface area contributed by atoms with Crippen LogP contribution in [-0.4, -0.2) is 25.0 Å². The molecule has 0 aliphatic heterocycles. The molecule has 0 bridgehead atoms. The summed E-state index contributed by atoms with van der Waals surface area (Å²) in [6.07, 6.45) is 0. The Kier molecular flexibility index (Phi) is 7.29. The maximum absolute atomic E-state index is 11.9. The van der Waals surface area contributed by atoms with Crippen LogP contribution in [0.3, 0.4) is 0 Å². The van der Waals surface area contributed by atoms with E-state index in [0.29, 0.717) is 19.0 Å². The third-order valence-corrected chi connectivity index (χ3v) is 4.47. The summed E-state index contributed by atoms with van der Waals surface area (Å²) < 4.78 is 0. The van der Waals surface area contributed by atoms with Crippen LogP contribution in [0.2, 0.25) is 0 Å². The van der Waals surface area contributed by atoms with E-state index in [1.165, 1.54) is 10.4 Å². The summed E-state index contributed by atoms with van der Waals surface area (Å²) in [6.45, 7) is 6.18. The van der Waals surface area contributed by atoms with Crippen LogP contribution < -0.4 is 16.0 Å². The van der Waals surface area contributed by atoms with E-state index in [2.05, 4.69) is 39.3 Å². The van der Waals surface area contributed by atoms with Crippen molar-refractivity contribution in [1.29, 1.82) is 0 Å². The average Bonchev–Trinajstić information content (AvgIpc) is 3.01. The van der Waals surface area contributed by atoms with Gasteiger partial charge in [-0.25, -0.2) is 4.99 Å². The fraction of sp³-hybridized carbons (Fsp3) is 0.333. The number of aryl methyl sites for hydroxylation is 1. The number of nitrogens with one attached hydrogen (secondary N) is 3. The minimum Gasteiger partial charge on any atom is -0.357 e. The molecule has 0 atom stereocenters. The number of thiophene rings is 1. The first-order chi connectivity index (χ1) is 11.7. The van der Waals surface area contributed by atoms with Crippen LogP contribution >= 0.6 is 11.3 Å². The van der Waals surface area contributed by atoms with Gasteiger partial charge in [0.1, 0.15) is 6.54 Å². The zero-order valence-corrected chi connectivity index (χ0v) is 15.0. The number of guanidine groups is 1. The van der Waals surface area contributed by atoms with Gasteiger partial charge in [-0.3, -0.25) is 4.79 Å². The SMILES string of the molecule is CCNC(=NCC(=O)NCc1ccccc1)NCc1sccc1C. The van der Waals surface area contributed by atoms with Crippen LogP contribution in [0.15, 0.2) is 46.8 Å². The summed E-state index contributed by atoms with van der Waals surface area (Å²) in [5.74, 6) is 0.559. The van der Waals surface area contributed by atoms with Gasteiger partial charge >= 0.3 is 0 Å². The number of rotatable bonds is 7. The van der Waals surface area contributed by atoms with Crippen molar-refractivity contribution in [3.63, 3.8) is 0 Å². The summed E-state index contributed by atoms with van der Waals surface area (Å²) in [5, 5.41) is 11.4. The number of amides is 1. The van der Waals surface area contributed by atoms with Crippen LogP contribution in [0.25, 0.3) is 0 Å². The molecule has 0 unspecified atom stereocenters. The quantitative estimate of drug-likeness (QED) is 0.534. The Morgan fingerprint density at radius 1 is 1.08 bits per heavy atom. The monoisotopic (exact) mass is 344 g/mol. The number of hydrogen-bond acceptors (Lipinski definition) is 3. The smallest absolute Gasteiger partial charge is 0.242 e. The Morgan fingerprint density at radius 2 is 1.88 bits per heavy atom. The standard InChI is InChI=1S/C18H24N4OS/c1-3-19-18(21-12-16-14(2)9-10-24-16)22-13-17(23)20-11-15-7-5-4-6-8-15/h4-10H,3,11-13H2,1-2H3,(H,20,23)(H2,19,21,22). The molecule has 2 rings (SSSR count). The highest BCUT2D eigenvalue weighted by Crippen LogP contribution is 2.14. The molecule has 0 saturated carbocycles. The average molecular weight is 344 g/mol. The van der Waals surface area contributed by atoms with Gasteiger partial charge in [-0.1, -0.05) is 30.3 Å². The molecular formula is C18H24N4OS. The van der Waals surface area contributed by atoms with Gasteiger partial charge in [-0.2, -0.15) is 0 Å². The molecule has 0 aliphatic carbocycles. The summed E-state index contributed by atoms with van der Waals surface area (Å²) in [5.41, 5.74) is 2.34. The molecule has 0 fully saturated rings. The van der Waals surface area contributed by atoms with Crippen molar-refractivity contribution in [2.24, 2.45) is 4.99 Å². The normalized spacial score (nSPS) is 11.2. The van der Waals surface area contributed by atoms with Crippen molar-refractivity contribution in [2.45, 2.75) is 26.9 Å². The molecular weight excluding hydrogens is 320 g/mol. The fourth-order valence-electron chi connectivity index (χ4n) is 2.09. The van der Waals surface area contributed by atoms with Gasteiger partial charge in [0.2, 0.25) is 5.91 Å². The first-order valence-electron chi connectivity index (χ1n) is 8.04. The fourth-order valence-corrected chi connectivity index (χ4v) is 2.94. The number of nitrogens with zero attached hydrogens (tertiary/aromatic N) is 1. The predicted octanol–water partition coefficient (Wildman–Crippen LogP) is 2.43. The minimum atomic E-state index is -0.0941. The molecule has 0 aliphatic rings. The van der Waals surface area contributed by atoms with Crippen LogP contribution in [0, 0.1) is 6.92 Å². The summed E-state index contributed by atoms with van der Waals surface area (Å²) in [6, 6.07) is 11.9. The highest BCUT2D eigenvalue weighted by Gasteiger charge is 2.04. The molecule has 2 aromatic rings. The molecule has 24 heavy (non-hydrogen) atoms. The maximum atomic E-state index is 11.9. The molecule has 1 aromatic carbocycles. The van der Waals surface area contributed by atoms with E-state index in [1.54, 1.807) is 11.3 Å². The van der Waals surface area contributed by atoms with Gasteiger partial charge in [0.25, 0.3) is 0 Å². The van der Waals surface area contributed by atoms with Crippen LogP contribution in [0.4, 0.5) is 0 Å². The highest BCUT2D eigenvalue weighted by molar-refractivity contribution is 7.10. The van der Waals surface area contributed by atoms with Crippen molar-refractivity contribution < 1.29 is 4.79 Å². The third-order valence-electron chi connectivity index (χ3n) is 3.44. The molecule has 0 radical (unpaired) electrons. The van der Waals surface area contributed by atoms with Crippen LogP contribution in [0.1, 0.15) is 22.9 Å². The number of hydrogen-bond donors (Lipinski definition) is 3. The Hall–Kier alpha value is -2.34. The lowest BCUT2D eigenvalue weighted by Crippen LogP contribution is -2.38. The van der Waals surface area contributed by atoms with Crippen LogP contribution in [0.5, 0.6) is 0 Å². The van der Waals surface area contributed by atoms with Crippen molar-refractivity contribution in [2.75, 3.05) is 13.1 Å². The molecule has 0 spiro atoms. The summed E-state index contributed by atoms with van der Waals surface area (Å²) in [4.78, 5) is 17.6. The number of carbonyl (C=O) groups excluding carboxylic acids is 1. The summed E-state index contributed by atoms with van der Waals surface area (Å²) in [7, 11) is 0. The second-order valence-electron chi connectivity index (χ2n) is 5.34. The van der Waals surface area contributed by atoms with Crippen molar-refractivity contribution in [3.8, 4) is 0 Å². The Labute approximate surface area is 147 Å². The molecule has 1 amide bonds. The van der Waals surface area contributed by atoms with Gasteiger partial charge in [-0.05, 0) is 36.4 Å². The van der Waals surface area contributed by atoms with Gasteiger partial charge in [-0.15, -0.1) is 11.3 Å². The zero-order valence-electron chi connectivity index (χ0n) is 14.1. The largest absolute Gasteiger partial charge is 0.357 e. The van der Waals surface area contributed by atoms with E-state index in [9.17, 15) is 4.79 Å². The molecule has 1 heterocycles. The molecule has 6 heteroatoms. The molecule has 0 saturated heterocycles. The lowest BCUT2D eigenvalue weighted by atomic mass is 10.2. The number of aliphatic imine (C=N–C) groups is 1. The van der Waals surface area contributed by atoms with Crippen molar-refractivity contribution >= 4 is 23.2 Å². The molecule has 128 valence electrons. The Balaban J connectivity index is 1.81. The van der Waals surface area contributed by atoms with E-state index in [0.717, 1.165) is 12.1 Å². The lowest BCUT2D eigenvalue weighted by molar-refractivity contribution is -0.119. The Bertz CT molecular complexity index is 667. The van der Waals surface area contributed by atoms with E-state index >= 15 is 0 Å². The Morgan fingerprint density at radius 3 is 2.54 bits per heavy atom. The lowest BCUT2D eigenvalue weighted by Gasteiger charge is -2.11. The van der Waals surface area contributed by atoms with E-state index in [4.69, 9.17) is 0 Å².